The fourth-order valence-electron chi connectivity index (χ4n) is 9.13. The summed E-state index contributed by atoms with van der Waals surface area (Å²) < 4.78 is 55.4. The molecule has 15 heteroatoms. The molecule has 3 fully saturated rings. The molecule has 3 aliphatic rings. The SMILES string of the molecule is CO[C@H]1C[C@@H](C)O[C@@H](OC2[C@@H](C)[C@H](O[C@H]3C[C@@](C)(OC)[C@H](OC(C)=O)[C@H](C)O3)[C@@H](C)C(=O)O[C@H]([C@@H](C)[C@H](C)O)[C@H](C)[C@H](OC(C)=O)[C@@H](C)C(=O)[C@H](C)C[C@@H]2C)[C@@H]1O. The van der Waals surface area contributed by atoms with Crippen molar-refractivity contribution in [3.8, 4) is 0 Å². The third-order valence-corrected chi connectivity index (χ3v) is 12.7. The van der Waals surface area contributed by atoms with E-state index in [0.717, 1.165) is 0 Å². The van der Waals surface area contributed by atoms with Gasteiger partial charge in [0.15, 0.2) is 18.7 Å². The second kappa shape index (κ2) is 20.8. The van der Waals surface area contributed by atoms with Crippen molar-refractivity contribution in [1.29, 1.82) is 0 Å². The molecule has 20 atom stereocenters. The molecule has 0 radical (unpaired) electrons. The van der Waals surface area contributed by atoms with Gasteiger partial charge in [0.1, 0.15) is 29.7 Å². The molecule has 0 amide bonds. The molecule has 1 unspecified atom stereocenters. The molecule has 0 aromatic carbocycles. The number of Topliss-reactive ketones (excluding diaryl/α,β-unsaturated/α-hetero) is 1. The molecular formula is C42H72O15. The normalized spacial score (nSPS) is 43.9. The van der Waals surface area contributed by atoms with Gasteiger partial charge < -0.3 is 52.8 Å². The lowest BCUT2D eigenvalue weighted by molar-refractivity contribution is -0.313. The number of ether oxygens (including phenoxy) is 9. The van der Waals surface area contributed by atoms with E-state index in [2.05, 4.69) is 0 Å². The highest BCUT2D eigenvalue weighted by atomic mass is 16.7. The van der Waals surface area contributed by atoms with Crippen LogP contribution in [-0.4, -0.2) is 127 Å². The van der Waals surface area contributed by atoms with Crippen LogP contribution >= 0.6 is 0 Å². The zero-order valence-corrected chi connectivity index (χ0v) is 36.8. The number of ketones is 1. The van der Waals surface area contributed by atoms with Crippen LogP contribution in [0.15, 0.2) is 0 Å². The molecule has 330 valence electrons. The van der Waals surface area contributed by atoms with Crippen molar-refractivity contribution in [3.05, 3.63) is 0 Å². The number of hydrogen-bond acceptors (Lipinski definition) is 15. The van der Waals surface area contributed by atoms with E-state index in [1.807, 2.05) is 27.7 Å². The quantitative estimate of drug-likeness (QED) is 0.233. The summed E-state index contributed by atoms with van der Waals surface area (Å²) in [5, 5.41) is 22.2. The zero-order chi connectivity index (χ0) is 43.3. The van der Waals surface area contributed by atoms with E-state index in [1.165, 1.54) is 28.1 Å². The second-order valence-electron chi connectivity index (χ2n) is 17.4. The van der Waals surface area contributed by atoms with Crippen LogP contribution in [-0.2, 0) is 61.8 Å². The predicted molar refractivity (Wildman–Crippen MR) is 206 cm³/mol. The van der Waals surface area contributed by atoms with E-state index < -0.39 is 127 Å². The minimum absolute atomic E-state index is 0.127. The lowest BCUT2D eigenvalue weighted by Crippen LogP contribution is -2.59. The van der Waals surface area contributed by atoms with Crippen molar-refractivity contribution >= 4 is 23.7 Å². The fraction of sp³-hybridized carbons (Fsp3) is 0.905. The van der Waals surface area contributed by atoms with Crippen molar-refractivity contribution in [2.24, 2.45) is 41.4 Å². The molecule has 0 bridgehead atoms. The first-order valence-corrected chi connectivity index (χ1v) is 20.6. The summed E-state index contributed by atoms with van der Waals surface area (Å²) >= 11 is 0. The summed E-state index contributed by atoms with van der Waals surface area (Å²) in [4.78, 5) is 53.4. The maximum absolute atomic E-state index is 14.6. The van der Waals surface area contributed by atoms with Gasteiger partial charge in [0.25, 0.3) is 0 Å². The Morgan fingerprint density at radius 2 is 1.44 bits per heavy atom. The monoisotopic (exact) mass is 816 g/mol. The van der Waals surface area contributed by atoms with Gasteiger partial charge in [-0.2, -0.15) is 0 Å². The van der Waals surface area contributed by atoms with Crippen molar-refractivity contribution in [1.82, 2.24) is 0 Å². The lowest BCUT2D eigenvalue weighted by atomic mass is 9.75. The Kier molecular flexibility index (Phi) is 18.0. The van der Waals surface area contributed by atoms with Crippen LogP contribution in [0.25, 0.3) is 0 Å². The highest BCUT2D eigenvalue weighted by Crippen LogP contribution is 2.40. The van der Waals surface area contributed by atoms with Crippen LogP contribution in [0.5, 0.6) is 0 Å². The summed E-state index contributed by atoms with van der Waals surface area (Å²) in [6.45, 7) is 22.1. The number of esters is 3. The highest BCUT2D eigenvalue weighted by Gasteiger charge is 2.52. The number of aliphatic hydroxyl groups is 2. The van der Waals surface area contributed by atoms with Gasteiger partial charge in [-0.05, 0) is 47.0 Å². The van der Waals surface area contributed by atoms with Gasteiger partial charge >= 0.3 is 17.9 Å². The van der Waals surface area contributed by atoms with Crippen molar-refractivity contribution in [2.45, 2.75) is 188 Å². The Bertz CT molecular complexity index is 1340. The molecule has 15 nitrogen and oxygen atoms in total. The van der Waals surface area contributed by atoms with E-state index in [-0.39, 0.29) is 24.2 Å². The summed E-state index contributed by atoms with van der Waals surface area (Å²) in [5.74, 6) is -6.55. The number of carbonyl (C=O) groups excluding carboxylic acids is 4. The Hall–Kier alpha value is -2.24. The summed E-state index contributed by atoms with van der Waals surface area (Å²) in [6.07, 6.45) is -9.24. The van der Waals surface area contributed by atoms with Gasteiger partial charge in [0.05, 0.1) is 48.5 Å². The lowest BCUT2D eigenvalue weighted by Gasteiger charge is -2.48. The third kappa shape index (κ3) is 12.0. The average Bonchev–Trinajstić information content (AvgIpc) is 3.14. The maximum atomic E-state index is 14.6. The van der Waals surface area contributed by atoms with Crippen molar-refractivity contribution < 1.29 is 72.0 Å². The van der Waals surface area contributed by atoms with Crippen LogP contribution in [0.2, 0.25) is 0 Å². The molecule has 0 aromatic heterocycles. The Labute approximate surface area is 339 Å². The average molecular weight is 817 g/mol. The highest BCUT2D eigenvalue weighted by molar-refractivity contribution is 5.83. The van der Waals surface area contributed by atoms with Gasteiger partial charge in [-0.15, -0.1) is 0 Å². The zero-order valence-electron chi connectivity index (χ0n) is 36.8. The first-order valence-electron chi connectivity index (χ1n) is 20.6. The number of cyclic esters (lactones) is 1. The largest absolute Gasteiger partial charge is 0.461 e. The van der Waals surface area contributed by atoms with E-state index in [0.29, 0.717) is 12.8 Å². The van der Waals surface area contributed by atoms with Gasteiger partial charge in [0.2, 0.25) is 0 Å². The standard InChI is InChI=1S/C42H72O15/c1-19-16-20(2)35(57-41-34(47)31(49-14)17-21(3)51-41)24(6)38(55-32-18-42(13,50-15)39(28(10)52-32)54-30(12)45)26(8)40(48)56-36(22(4)27(9)43)25(7)37(53-29(11)44)23(5)33(19)46/h19-28,31-32,34-39,41,43,47H,16-18H2,1-15H3/t19-,20+,21-,22+,23+,24-,25+,26-,27+,28+,31+,32+,34-,35?,36-,37-,38+,39-,41+,42-/m1/s1. The minimum Gasteiger partial charge on any atom is -0.461 e. The van der Waals surface area contributed by atoms with E-state index >= 15 is 0 Å². The molecule has 3 heterocycles. The van der Waals surface area contributed by atoms with Crippen molar-refractivity contribution in [2.75, 3.05) is 14.2 Å². The van der Waals surface area contributed by atoms with Gasteiger partial charge in [-0.3, -0.25) is 19.2 Å². The molecule has 2 N–H and O–H groups in total. The molecule has 3 saturated heterocycles. The van der Waals surface area contributed by atoms with Gasteiger partial charge in [-0.1, -0.05) is 41.5 Å². The van der Waals surface area contributed by atoms with Crippen molar-refractivity contribution in [3.63, 3.8) is 0 Å². The first kappa shape index (κ1) is 49.1. The van der Waals surface area contributed by atoms with Crippen LogP contribution in [0, 0.1) is 41.4 Å². The first-order chi connectivity index (χ1) is 26.5. The van der Waals surface area contributed by atoms with E-state index in [1.54, 1.807) is 48.5 Å². The maximum Gasteiger partial charge on any atom is 0.311 e. The molecule has 0 aliphatic carbocycles. The van der Waals surface area contributed by atoms with Crippen LogP contribution in [0.4, 0.5) is 0 Å². The fourth-order valence-corrected chi connectivity index (χ4v) is 9.13. The van der Waals surface area contributed by atoms with Gasteiger partial charge in [0, 0.05) is 64.6 Å². The Morgan fingerprint density at radius 3 is 1.98 bits per heavy atom. The molecular weight excluding hydrogens is 744 g/mol. The molecule has 3 aliphatic heterocycles. The predicted octanol–water partition coefficient (Wildman–Crippen LogP) is 4.39. The second-order valence-corrected chi connectivity index (χ2v) is 17.4. The number of methoxy groups -OCH3 is 2. The van der Waals surface area contributed by atoms with Crippen LogP contribution in [0.1, 0.15) is 109 Å². The Morgan fingerprint density at radius 1 is 0.825 bits per heavy atom. The number of aliphatic hydroxyl groups excluding tert-OH is 2. The molecule has 57 heavy (non-hydrogen) atoms. The summed E-state index contributed by atoms with van der Waals surface area (Å²) in [6, 6.07) is 0. The van der Waals surface area contributed by atoms with E-state index in [4.69, 9.17) is 42.6 Å². The number of rotatable bonds is 10. The Balaban J connectivity index is 2.21. The van der Waals surface area contributed by atoms with Crippen LogP contribution in [0.3, 0.4) is 0 Å². The summed E-state index contributed by atoms with van der Waals surface area (Å²) in [5.41, 5.74) is -1.03. The molecule has 0 aromatic rings. The van der Waals surface area contributed by atoms with Gasteiger partial charge in [-0.25, -0.2) is 0 Å². The van der Waals surface area contributed by atoms with E-state index in [9.17, 15) is 29.4 Å². The molecule has 3 rings (SSSR count). The molecule has 0 saturated carbocycles. The molecule has 0 spiro atoms. The minimum atomic E-state index is -1.14. The third-order valence-electron chi connectivity index (χ3n) is 12.7. The summed E-state index contributed by atoms with van der Waals surface area (Å²) in [7, 11) is 3.03. The topological polar surface area (TPSA) is 192 Å². The van der Waals surface area contributed by atoms with Crippen LogP contribution < -0.4 is 0 Å². The number of hydrogen-bond donors (Lipinski definition) is 2. The smallest absolute Gasteiger partial charge is 0.311 e. The number of carbonyl (C=O) groups is 4.